The van der Waals surface area contributed by atoms with Crippen molar-refractivity contribution < 1.29 is 18.0 Å². The van der Waals surface area contributed by atoms with Crippen LogP contribution in [0.3, 0.4) is 0 Å². The SMILES string of the molecule is NC(=O)c1cnc2[nH]ccc2c1C#CC#CCC(c1cc(F)ccc1F)n1cc2c(F)cc(C#Cc3cnc(N)nc3)cc2n1. The molecule has 0 aliphatic carbocycles. The molecule has 4 aromatic heterocycles. The fourth-order valence-electron chi connectivity index (χ4n) is 4.61. The van der Waals surface area contributed by atoms with Gasteiger partial charge >= 0.3 is 0 Å². The van der Waals surface area contributed by atoms with E-state index < -0.39 is 29.4 Å². The summed E-state index contributed by atoms with van der Waals surface area (Å²) in [5, 5.41) is 5.21. The molecule has 218 valence electrons. The molecule has 45 heavy (non-hydrogen) atoms. The molecule has 1 unspecified atom stereocenters. The highest BCUT2D eigenvalue weighted by Gasteiger charge is 2.21. The Morgan fingerprint density at radius 3 is 2.51 bits per heavy atom. The molecule has 6 rings (SSSR count). The first kappa shape index (κ1) is 28.5. The van der Waals surface area contributed by atoms with Gasteiger partial charge in [0.2, 0.25) is 5.95 Å². The second-order valence-electron chi connectivity index (χ2n) is 9.67. The van der Waals surface area contributed by atoms with Gasteiger partial charge in [0.1, 0.15) is 23.1 Å². The van der Waals surface area contributed by atoms with Crippen molar-refractivity contribution >= 4 is 33.8 Å². The second kappa shape index (κ2) is 12.0. The van der Waals surface area contributed by atoms with Crippen molar-refractivity contribution in [2.24, 2.45) is 5.73 Å². The smallest absolute Gasteiger partial charge is 0.251 e. The quantitative estimate of drug-likeness (QED) is 0.259. The van der Waals surface area contributed by atoms with Crippen molar-refractivity contribution in [3.63, 3.8) is 0 Å². The highest BCUT2D eigenvalue weighted by atomic mass is 19.1. The molecule has 0 aliphatic rings. The zero-order chi connectivity index (χ0) is 31.5. The van der Waals surface area contributed by atoms with Gasteiger partial charge in [-0.15, -0.1) is 0 Å². The standard InChI is InChI=1S/C33H19F3N8O/c34-21-8-9-27(35)24(14-21)30(5-3-1-2-4-22-23-10-11-39-32(23)40-17-25(22)31(37)45)44-18-26-28(36)12-19(13-29(26)43-44)6-7-20-15-41-33(38)42-16-20/h8-18,30H,5H2,(H2,37,45)(H,39,40)(H2,38,41,42). The molecule has 4 heterocycles. The van der Waals surface area contributed by atoms with Crippen molar-refractivity contribution in [3.05, 3.63) is 113 Å². The van der Waals surface area contributed by atoms with E-state index >= 15 is 4.39 Å². The molecule has 0 bridgehead atoms. The summed E-state index contributed by atoms with van der Waals surface area (Å²) in [4.78, 5) is 26.7. The number of carbonyl (C=O) groups is 1. The van der Waals surface area contributed by atoms with Crippen LogP contribution in [-0.4, -0.2) is 35.6 Å². The van der Waals surface area contributed by atoms with E-state index in [1.165, 1.54) is 35.5 Å². The summed E-state index contributed by atoms with van der Waals surface area (Å²) in [5.41, 5.74) is 13.0. The van der Waals surface area contributed by atoms with Gasteiger partial charge in [0, 0.05) is 53.9 Å². The maximum atomic E-state index is 15.2. The van der Waals surface area contributed by atoms with Crippen LogP contribution in [0.25, 0.3) is 21.9 Å². The third kappa shape index (κ3) is 6.00. The number of benzene rings is 2. The number of primary amides is 1. The number of amides is 1. The molecule has 1 atom stereocenters. The molecule has 9 nitrogen and oxygen atoms in total. The van der Waals surface area contributed by atoms with Gasteiger partial charge < -0.3 is 16.5 Å². The number of pyridine rings is 1. The van der Waals surface area contributed by atoms with Gasteiger partial charge in [0.25, 0.3) is 5.91 Å². The fraction of sp³-hybridized carbons (Fsp3) is 0.0606. The number of aromatic amines is 1. The molecule has 0 radical (unpaired) electrons. The third-order valence-electron chi connectivity index (χ3n) is 6.74. The first-order valence-electron chi connectivity index (χ1n) is 13.2. The topological polar surface area (TPSA) is 141 Å². The van der Waals surface area contributed by atoms with Gasteiger partial charge in [-0.1, -0.05) is 23.7 Å². The predicted octanol–water partition coefficient (Wildman–Crippen LogP) is 4.24. The van der Waals surface area contributed by atoms with E-state index in [0.29, 0.717) is 27.7 Å². The van der Waals surface area contributed by atoms with Crippen LogP contribution in [0.2, 0.25) is 0 Å². The Morgan fingerprint density at radius 1 is 0.911 bits per heavy atom. The number of H-pyrrole nitrogens is 1. The molecular formula is C33H19F3N8O. The van der Waals surface area contributed by atoms with Gasteiger partial charge in [-0.05, 0) is 48.2 Å². The summed E-state index contributed by atoms with van der Waals surface area (Å²) in [6.45, 7) is 0. The highest BCUT2D eigenvalue weighted by Crippen LogP contribution is 2.28. The van der Waals surface area contributed by atoms with Crippen molar-refractivity contribution in [3.8, 4) is 35.5 Å². The lowest BCUT2D eigenvalue weighted by Gasteiger charge is -2.16. The van der Waals surface area contributed by atoms with Gasteiger partial charge in [-0.2, -0.15) is 5.10 Å². The predicted molar refractivity (Wildman–Crippen MR) is 160 cm³/mol. The van der Waals surface area contributed by atoms with Gasteiger partial charge in [0.05, 0.1) is 33.6 Å². The number of rotatable bonds is 4. The van der Waals surface area contributed by atoms with E-state index in [4.69, 9.17) is 11.5 Å². The Balaban J connectivity index is 1.35. The van der Waals surface area contributed by atoms with Crippen LogP contribution in [0, 0.1) is 53.0 Å². The second-order valence-corrected chi connectivity index (χ2v) is 9.67. The number of hydrogen-bond acceptors (Lipinski definition) is 6. The van der Waals surface area contributed by atoms with Crippen molar-refractivity contribution in [2.45, 2.75) is 12.5 Å². The Bertz CT molecular complexity index is 2310. The maximum Gasteiger partial charge on any atom is 0.251 e. The number of nitrogens with two attached hydrogens (primary N) is 2. The normalized spacial score (nSPS) is 11.2. The maximum absolute atomic E-state index is 15.2. The number of carbonyl (C=O) groups excluding carboxylic acids is 1. The summed E-state index contributed by atoms with van der Waals surface area (Å²) in [7, 11) is 0. The zero-order valence-electron chi connectivity index (χ0n) is 23.1. The molecule has 0 saturated carbocycles. The number of nitrogens with one attached hydrogen (secondary N) is 1. The van der Waals surface area contributed by atoms with E-state index in [-0.39, 0.29) is 34.4 Å². The van der Waals surface area contributed by atoms with Gasteiger partial charge in [0.15, 0.2) is 0 Å². The van der Waals surface area contributed by atoms with Gasteiger partial charge in [-0.25, -0.2) is 28.1 Å². The molecule has 6 aromatic rings. The molecular weight excluding hydrogens is 581 g/mol. The van der Waals surface area contributed by atoms with Crippen LogP contribution < -0.4 is 11.5 Å². The summed E-state index contributed by atoms with van der Waals surface area (Å²) in [6.07, 6.45) is 7.20. The van der Waals surface area contributed by atoms with E-state index in [0.717, 1.165) is 18.2 Å². The average Bonchev–Trinajstić information content (AvgIpc) is 3.68. The minimum atomic E-state index is -0.943. The number of aromatic nitrogens is 6. The Kier molecular flexibility index (Phi) is 7.58. The number of nitrogen functional groups attached to an aromatic ring is 1. The monoisotopic (exact) mass is 600 g/mol. The third-order valence-corrected chi connectivity index (χ3v) is 6.74. The Morgan fingerprint density at radius 2 is 1.71 bits per heavy atom. The minimum Gasteiger partial charge on any atom is -0.368 e. The summed E-state index contributed by atoms with van der Waals surface area (Å²) >= 11 is 0. The van der Waals surface area contributed by atoms with Crippen LogP contribution in [-0.2, 0) is 0 Å². The Labute approximate surface area is 253 Å². The number of hydrogen-bond donors (Lipinski definition) is 3. The molecule has 1 amide bonds. The highest BCUT2D eigenvalue weighted by molar-refractivity contribution is 6.00. The first-order valence-corrected chi connectivity index (χ1v) is 13.2. The molecule has 12 heteroatoms. The largest absolute Gasteiger partial charge is 0.368 e. The van der Waals surface area contributed by atoms with Crippen molar-refractivity contribution in [2.75, 3.05) is 5.73 Å². The van der Waals surface area contributed by atoms with Crippen molar-refractivity contribution in [1.29, 1.82) is 0 Å². The summed E-state index contributed by atoms with van der Waals surface area (Å²) in [5.74, 6) is 14.2. The Hall–Kier alpha value is -6.58. The van der Waals surface area contributed by atoms with Gasteiger partial charge in [-0.3, -0.25) is 9.48 Å². The van der Waals surface area contributed by atoms with E-state index in [1.54, 1.807) is 18.3 Å². The molecule has 0 spiro atoms. The molecule has 0 aliphatic heterocycles. The van der Waals surface area contributed by atoms with E-state index in [9.17, 15) is 13.6 Å². The lowest BCUT2D eigenvalue weighted by atomic mass is 10.0. The number of fused-ring (bicyclic) bond motifs is 2. The fourth-order valence-corrected chi connectivity index (χ4v) is 4.61. The first-order chi connectivity index (χ1) is 21.8. The summed E-state index contributed by atoms with van der Waals surface area (Å²) < 4.78 is 45.7. The van der Waals surface area contributed by atoms with E-state index in [2.05, 4.69) is 60.6 Å². The lowest BCUT2D eigenvalue weighted by molar-refractivity contribution is 0.1000. The zero-order valence-corrected chi connectivity index (χ0v) is 23.1. The summed E-state index contributed by atoms with van der Waals surface area (Å²) in [6, 6.07) is 6.62. The molecule has 2 aromatic carbocycles. The average molecular weight is 601 g/mol. The number of halogens is 3. The van der Waals surface area contributed by atoms with Crippen LogP contribution in [0.4, 0.5) is 19.1 Å². The van der Waals surface area contributed by atoms with Crippen molar-refractivity contribution in [1.82, 2.24) is 29.7 Å². The number of anilines is 1. The van der Waals surface area contributed by atoms with E-state index in [1.807, 2.05) is 0 Å². The van der Waals surface area contributed by atoms with Crippen LogP contribution in [0.5, 0.6) is 0 Å². The minimum absolute atomic E-state index is 0.0342. The number of nitrogens with zero attached hydrogens (tertiary/aromatic N) is 5. The lowest BCUT2D eigenvalue weighted by Crippen LogP contribution is -2.13. The van der Waals surface area contributed by atoms with Crippen LogP contribution >= 0.6 is 0 Å². The molecule has 0 saturated heterocycles. The van der Waals surface area contributed by atoms with Crippen LogP contribution in [0.1, 0.15) is 45.1 Å². The molecule has 0 fully saturated rings. The van der Waals surface area contributed by atoms with Crippen LogP contribution in [0.15, 0.2) is 67.4 Å². The molecule has 5 N–H and O–H groups in total.